The molecule has 0 saturated carbocycles. The maximum Gasteiger partial charge on any atom is 0.193 e. The summed E-state index contributed by atoms with van der Waals surface area (Å²) in [6.07, 6.45) is 4.06. The number of benzene rings is 1. The molecule has 3 aromatic rings. The van der Waals surface area contributed by atoms with Crippen molar-refractivity contribution >= 4 is 33.7 Å². The van der Waals surface area contributed by atoms with Crippen molar-refractivity contribution in [1.29, 1.82) is 0 Å². The van der Waals surface area contributed by atoms with Gasteiger partial charge in [0, 0.05) is 22.8 Å². The van der Waals surface area contributed by atoms with E-state index in [0.29, 0.717) is 10.8 Å². The van der Waals surface area contributed by atoms with Gasteiger partial charge in [0.2, 0.25) is 0 Å². The molecule has 0 unspecified atom stereocenters. The second-order valence-corrected chi connectivity index (χ2v) is 5.60. The highest BCUT2D eigenvalue weighted by Crippen LogP contribution is 2.17. The molecule has 0 bridgehead atoms. The first-order chi connectivity index (χ1) is 9.70. The number of aromatic nitrogens is 2. The van der Waals surface area contributed by atoms with Crippen molar-refractivity contribution in [2.45, 2.75) is 6.42 Å². The van der Waals surface area contributed by atoms with Gasteiger partial charge in [0.1, 0.15) is 12.4 Å². The maximum absolute atomic E-state index is 11.9. The van der Waals surface area contributed by atoms with Gasteiger partial charge in [-0.15, -0.1) is 11.3 Å². The molecule has 0 radical (unpaired) electrons. The zero-order chi connectivity index (χ0) is 13.9. The van der Waals surface area contributed by atoms with Crippen molar-refractivity contribution in [1.82, 2.24) is 9.38 Å². The zero-order valence-corrected chi connectivity index (χ0v) is 12.0. The summed E-state index contributed by atoms with van der Waals surface area (Å²) in [6.45, 7) is 0.0194. The third-order valence-electron chi connectivity index (χ3n) is 2.72. The lowest BCUT2D eigenvalue weighted by Crippen LogP contribution is -2.14. The maximum atomic E-state index is 11.9. The average molecular weight is 307 g/mol. The minimum absolute atomic E-state index is 0.0178. The molecule has 0 atom stereocenters. The molecule has 0 N–H and O–H groups in total. The predicted octanol–water partition coefficient (Wildman–Crippen LogP) is 3.24. The summed E-state index contributed by atoms with van der Waals surface area (Å²) in [6, 6.07) is 6.99. The van der Waals surface area contributed by atoms with Gasteiger partial charge in [-0.25, -0.2) is 4.98 Å². The quantitative estimate of drug-likeness (QED) is 0.727. The van der Waals surface area contributed by atoms with Gasteiger partial charge in [-0.2, -0.15) is 0 Å². The first-order valence-electron chi connectivity index (χ1n) is 6.02. The molecule has 3 rings (SSSR count). The Balaban J connectivity index is 1.58. The highest BCUT2D eigenvalue weighted by Gasteiger charge is 2.09. The molecule has 2 heterocycles. The Labute approximate surface area is 124 Å². The number of carbonyl (C=O) groups is 1. The zero-order valence-electron chi connectivity index (χ0n) is 10.5. The standard InChI is InChI=1S/C14H11ClN2O2S/c15-10-2-1-3-13(6-10)19-9-12(18)7-11-8-17-4-5-20-14(17)16-11/h1-6,8H,7,9H2. The first-order valence-corrected chi connectivity index (χ1v) is 7.27. The van der Waals surface area contributed by atoms with Gasteiger partial charge in [0.25, 0.3) is 0 Å². The van der Waals surface area contributed by atoms with Crippen molar-refractivity contribution in [3.63, 3.8) is 0 Å². The van der Waals surface area contributed by atoms with E-state index in [1.807, 2.05) is 22.2 Å². The molecular weight excluding hydrogens is 296 g/mol. The van der Waals surface area contributed by atoms with E-state index < -0.39 is 0 Å². The molecule has 4 nitrogen and oxygen atoms in total. The molecular formula is C14H11ClN2O2S. The first kappa shape index (κ1) is 13.1. The highest BCUT2D eigenvalue weighted by molar-refractivity contribution is 7.15. The number of rotatable bonds is 5. The SMILES string of the molecule is O=C(COc1cccc(Cl)c1)Cc1cn2ccsc2n1. The summed E-state index contributed by atoms with van der Waals surface area (Å²) in [5.74, 6) is 0.576. The largest absolute Gasteiger partial charge is 0.486 e. The Morgan fingerprint density at radius 2 is 2.35 bits per heavy atom. The molecule has 6 heteroatoms. The molecule has 0 spiro atoms. The highest BCUT2D eigenvalue weighted by atomic mass is 35.5. The number of carbonyl (C=O) groups excluding carboxylic acids is 1. The summed E-state index contributed by atoms with van der Waals surface area (Å²) in [7, 11) is 0. The monoisotopic (exact) mass is 306 g/mol. The lowest BCUT2D eigenvalue weighted by atomic mass is 10.2. The molecule has 2 aromatic heterocycles. The van der Waals surface area contributed by atoms with E-state index in [0.717, 1.165) is 10.7 Å². The molecule has 0 aliphatic rings. The number of fused-ring (bicyclic) bond motifs is 1. The summed E-state index contributed by atoms with van der Waals surface area (Å²) in [4.78, 5) is 17.1. The van der Waals surface area contributed by atoms with Gasteiger partial charge < -0.3 is 4.74 Å². The van der Waals surface area contributed by atoms with Crippen LogP contribution in [0.4, 0.5) is 0 Å². The molecule has 0 saturated heterocycles. The molecule has 102 valence electrons. The van der Waals surface area contributed by atoms with E-state index >= 15 is 0 Å². The van der Waals surface area contributed by atoms with Gasteiger partial charge in [-0.3, -0.25) is 9.20 Å². The van der Waals surface area contributed by atoms with Crippen LogP contribution in [0.1, 0.15) is 5.69 Å². The van der Waals surface area contributed by atoms with E-state index in [1.165, 1.54) is 0 Å². The fourth-order valence-electron chi connectivity index (χ4n) is 1.83. The lowest BCUT2D eigenvalue weighted by Gasteiger charge is -2.04. The van der Waals surface area contributed by atoms with E-state index in [9.17, 15) is 4.79 Å². The fraction of sp³-hybridized carbons (Fsp3) is 0.143. The summed E-state index contributed by atoms with van der Waals surface area (Å²) in [5.41, 5.74) is 0.761. The van der Waals surface area contributed by atoms with Crippen LogP contribution in [0.25, 0.3) is 4.96 Å². The third kappa shape index (κ3) is 3.00. The van der Waals surface area contributed by atoms with E-state index in [-0.39, 0.29) is 18.8 Å². The van der Waals surface area contributed by atoms with Crippen LogP contribution in [0.3, 0.4) is 0 Å². The van der Waals surface area contributed by atoms with Crippen LogP contribution in [0.15, 0.2) is 42.0 Å². The second kappa shape index (κ2) is 5.64. The summed E-state index contributed by atoms with van der Waals surface area (Å²) in [5, 5.41) is 2.54. The smallest absolute Gasteiger partial charge is 0.193 e. The number of Topliss-reactive ketones (excluding diaryl/α,β-unsaturated/α-hetero) is 1. The summed E-state index contributed by atoms with van der Waals surface area (Å²) < 4.78 is 7.32. The van der Waals surface area contributed by atoms with Crippen molar-refractivity contribution in [3.8, 4) is 5.75 Å². The second-order valence-electron chi connectivity index (χ2n) is 4.29. The number of nitrogens with zero attached hydrogens (tertiary/aromatic N) is 2. The number of hydrogen-bond acceptors (Lipinski definition) is 4. The number of hydrogen-bond donors (Lipinski definition) is 0. The Bertz CT molecular complexity index is 722. The lowest BCUT2D eigenvalue weighted by molar-refractivity contribution is -0.120. The van der Waals surface area contributed by atoms with E-state index in [1.54, 1.807) is 35.6 Å². The molecule has 0 aliphatic heterocycles. The van der Waals surface area contributed by atoms with Crippen LogP contribution in [0.2, 0.25) is 5.02 Å². The Morgan fingerprint density at radius 3 is 3.15 bits per heavy atom. The van der Waals surface area contributed by atoms with Crippen LogP contribution in [-0.2, 0) is 11.2 Å². The summed E-state index contributed by atoms with van der Waals surface area (Å²) >= 11 is 7.39. The van der Waals surface area contributed by atoms with E-state index in [4.69, 9.17) is 16.3 Å². The van der Waals surface area contributed by atoms with Gasteiger partial charge in [-0.05, 0) is 18.2 Å². The number of ketones is 1. The van der Waals surface area contributed by atoms with Crippen molar-refractivity contribution < 1.29 is 9.53 Å². The number of ether oxygens (including phenoxy) is 1. The number of thiazole rings is 1. The fourth-order valence-corrected chi connectivity index (χ4v) is 2.73. The molecule has 20 heavy (non-hydrogen) atoms. The van der Waals surface area contributed by atoms with Crippen molar-refractivity contribution in [2.75, 3.05) is 6.61 Å². The minimum Gasteiger partial charge on any atom is -0.486 e. The Kier molecular flexibility index (Phi) is 3.71. The van der Waals surface area contributed by atoms with Crippen LogP contribution in [-0.4, -0.2) is 21.8 Å². The number of imidazole rings is 1. The minimum atomic E-state index is -0.0178. The topological polar surface area (TPSA) is 43.6 Å². The molecule has 0 aliphatic carbocycles. The Morgan fingerprint density at radius 1 is 1.45 bits per heavy atom. The van der Waals surface area contributed by atoms with Crippen molar-refractivity contribution in [2.24, 2.45) is 0 Å². The normalized spacial score (nSPS) is 10.8. The van der Waals surface area contributed by atoms with Gasteiger partial charge in [-0.1, -0.05) is 17.7 Å². The molecule has 0 amide bonds. The van der Waals surface area contributed by atoms with Gasteiger partial charge in [0.05, 0.1) is 12.1 Å². The molecule has 0 fully saturated rings. The Hall–Kier alpha value is -1.85. The van der Waals surface area contributed by atoms with Crippen LogP contribution < -0.4 is 4.74 Å². The average Bonchev–Trinajstić information content (AvgIpc) is 2.97. The molecule has 1 aromatic carbocycles. The predicted molar refractivity (Wildman–Crippen MR) is 78.7 cm³/mol. The van der Waals surface area contributed by atoms with Gasteiger partial charge >= 0.3 is 0 Å². The number of halogens is 1. The third-order valence-corrected chi connectivity index (χ3v) is 3.72. The van der Waals surface area contributed by atoms with Crippen molar-refractivity contribution in [3.05, 3.63) is 52.8 Å². The van der Waals surface area contributed by atoms with Gasteiger partial charge in [0.15, 0.2) is 10.7 Å². The van der Waals surface area contributed by atoms with Crippen LogP contribution in [0.5, 0.6) is 5.75 Å². The van der Waals surface area contributed by atoms with Crippen LogP contribution in [0, 0.1) is 0 Å². The van der Waals surface area contributed by atoms with E-state index in [2.05, 4.69) is 4.98 Å². The van der Waals surface area contributed by atoms with Crippen LogP contribution >= 0.6 is 22.9 Å².